The van der Waals surface area contributed by atoms with Gasteiger partial charge in [0.05, 0.1) is 13.0 Å². The maximum Gasteiger partial charge on any atom is 0.307 e. The summed E-state index contributed by atoms with van der Waals surface area (Å²) in [6.07, 6.45) is 6.09. The van der Waals surface area contributed by atoms with Gasteiger partial charge in [-0.05, 0) is 24.0 Å². The predicted octanol–water partition coefficient (Wildman–Crippen LogP) is 2.34. The molecule has 0 aliphatic heterocycles. The number of hydrogen-bond acceptors (Lipinski definition) is 3. The molecular weight excluding hydrogens is 308 g/mol. The van der Waals surface area contributed by atoms with Crippen LogP contribution in [0.4, 0.5) is 5.69 Å². The van der Waals surface area contributed by atoms with Crippen molar-refractivity contribution >= 4 is 23.5 Å². The van der Waals surface area contributed by atoms with E-state index in [1.54, 1.807) is 24.3 Å². The van der Waals surface area contributed by atoms with Crippen molar-refractivity contribution in [3.05, 3.63) is 29.8 Å². The number of amides is 2. The zero-order valence-electron chi connectivity index (χ0n) is 13.7. The first-order valence-corrected chi connectivity index (χ1v) is 8.41. The van der Waals surface area contributed by atoms with Crippen LogP contribution in [0.15, 0.2) is 24.3 Å². The molecular formula is C18H24N2O4. The van der Waals surface area contributed by atoms with Gasteiger partial charge in [-0.1, -0.05) is 43.9 Å². The molecule has 6 heteroatoms. The van der Waals surface area contributed by atoms with E-state index in [0.717, 1.165) is 6.42 Å². The van der Waals surface area contributed by atoms with Gasteiger partial charge in [0.1, 0.15) is 0 Å². The van der Waals surface area contributed by atoms with Gasteiger partial charge in [0.15, 0.2) is 0 Å². The third-order valence-corrected chi connectivity index (χ3v) is 4.33. The number of aliphatic carboxylic acids is 1. The number of carbonyl (C=O) groups excluding carboxylic acids is 2. The summed E-state index contributed by atoms with van der Waals surface area (Å²) < 4.78 is 0. The maximum atomic E-state index is 11.9. The summed E-state index contributed by atoms with van der Waals surface area (Å²) in [6.45, 7) is -0.106. The van der Waals surface area contributed by atoms with E-state index in [9.17, 15) is 14.4 Å². The van der Waals surface area contributed by atoms with E-state index in [0.29, 0.717) is 23.6 Å². The summed E-state index contributed by atoms with van der Waals surface area (Å²) >= 11 is 0. The van der Waals surface area contributed by atoms with Gasteiger partial charge in [0.25, 0.3) is 0 Å². The monoisotopic (exact) mass is 332 g/mol. The summed E-state index contributed by atoms with van der Waals surface area (Å²) in [4.78, 5) is 34.6. The molecule has 24 heavy (non-hydrogen) atoms. The highest BCUT2D eigenvalue weighted by Gasteiger charge is 2.16. The van der Waals surface area contributed by atoms with Gasteiger partial charge in [-0.15, -0.1) is 0 Å². The fourth-order valence-corrected chi connectivity index (χ4v) is 3.06. The average molecular weight is 332 g/mol. The smallest absolute Gasteiger partial charge is 0.307 e. The quantitative estimate of drug-likeness (QED) is 0.681. The summed E-state index contributed by atoms with van der Waals surface area (Å²) in [7, 11) is 0. The number of nitrogens with one attached hydrogen (secondary N) is 2. The maximum absolute atomic E-state index is 11.9. The average Bonchev–Trinajstić information content (AvgIpc) is 3.06. The third-order valence-electron chi connectivity index (χ3n) is 4.33. The van der Waals surface area contributed by atoms with Gasteiger partial charge in [0, 0.05) is 12.1 Å². The van der Waals surface area contributed by atoms with Crippen LogP contribution in [0.3, 0.4) is 0 Å². The Morgan fingerprint density at radius 2 is 1.79 bits per heavy atom. The second-order valence-electron chi connectivity index (χ2n) is 6.24. The van der Waals surface area contributed by atoms with Crippen molar-refractivity contribution in [2.45, 2.75) is 44.9 Å². The molecule has 1 aromatic carbocycles. The Kier molecular flexibility index (Phi) is 6.78. The third kappa shape index (κ3) is 6.02. The number of carbonyl (C=O) groups is 3. The molecule has 1 aliphatic rings. The van der Waals surface area contributed by atoms with Gasteiger partial charge < -0.3 is 15.7 Å². The molecule has 0 heterocycles. The second kappa shape index (κ2) is 9.05. The molecule has 2 rings (SSSR count). The summed E-state index contributed by atoms with van der Waals surface area (Å²) in [6, 6.07) is 6.75. The summed E-state index contributed by atoms with van der Waals surface area (Å²) in [5.41, 5.74) is 0.996. The molecule has 3 N–H and O–H groups in total. The Morgan fingerprint density at radius 3 is 2.50 bits per heavy atom. The molecule has 0 aromatic heterocycles. The van der Waals surface area contributed by atoms with Crippen LogP contribution >= 0.6 is 0 Å². The van der Waals surface area contributed by atoms with Crippen LogP contribution < -0.4 is 10.6 Å². The molecule has 0 bridgehead atoms. The summed E-state index contributed by atoms with van der Waals surface area (Å²) in [5, 5.41) is 14.2. The number of anilines is 1. The number of carboxylic acid groups (broad SMARTS) is 1. The first-order chi connectivity index (χ1) is 11.5. The Balaban J connectivity index is 1.74. The molecule has 1 saturated carbocycles. The fourth-order valence-electron chi connectivity index (χ4n) is 3.06. The Morgan fingerprint density at radius 1 is 1.08 bits per heavy atom. The first kappa shape index (κ1) is 18.0. The molecule has 1 fully saturated rings. The van der Waals surface area contributed by atoms with Crippen molar-refractivity contribution in [1.82, 2.24) is 5.32 Å². The number of para-hydroxylation sites is 1. The number of carboxylic acids is 1. The van der Waals surface area contributed by atoms with E-state index >= 15 is 0 Å². The Labute approximate surface area is 141 Å². The number of benzene rings is 1. The molecule has 0 unspecified atom stereocenters. The molecule has 1 aromatic rings. The molecule has 0 saturated heterocycles. The van der Waals surface area contributed by atoms with E-state index in [4.69, 9.17) is 5.11 Å². The van der Waals surface area contributed by atoms with Crippen molar-refractivity contribution in [2.75, 3.05) is 11.9 Å². The summed E-state index contributed by atoms with van der Waals surface area (Å²) in [5.74, 6) is -0.790. The Bertz CT molecular complexity index is 594. The molecule has 130 valence electrons. The van der Waals surface area contributed by atoms with Crippen LogP contribution in [-0.4, -0.2) is 29.4 Å². The van der Waals surface area contributed by atoms with Gasteiger partial charge in [-0.2, -0.15) is 0 Å². The molecule has 0 atom stereocenters. The van der Waals surface area contributed by atoms with Crippen molar-refractivity contribution in [3.63, 3.8) is 0 Å². The van der Waals surface area contributed by atoms with Gasteiger partial charge in [-0.3, -0.25) is 14.4 Å². The normalized spacial score (nSPS) is 14.3. The lowest BCUT2D eigenvalue weighted by atomic mass is 10.0. The van der Waals surface area contributed by atoms with Crippen LogP contribution in [0, 0.1) is 5.92 Å². The number of hydrogen-bond donors (Lipinski definition) is 3. The molecule has 0 radical (unpaired) electrons. The highest BCUT2D eigenvalue weighted by Crippen LogP contribution is 2.28. The lowest BCUT2D eigenvalue weighted by Gasteiger charge is -2.11. The largest absolute Gasteiger partial charge is 0.481 e. The van der Waals surface area contributed by atoms with Crippen molar-refractivity contribution < 1.29 is 19.5 Å². The van der Waals surface area contributed by atoms with Gasteiger partial charge in [0.2, 0.25) is 11.8 Å². The van der Waals surface area contributed by atoms with E-state index in [-0.39, 0.29) is 24.8 Å². The van der Waals surface area contributed by atoms with Crippen molar-refractivity contribution in [1.29, 1.82) is 0 Å². The minimum atomic E-state index is -0.961. The van der Waals surface area contributed by atoms with Crippen LogP contribution in [-0.2, 0) is 20.8 Å². The standard InChI is InChI=1S/C18H24N2O4/c21-16(10-9-13-5-1-2-6-13)19-12-17(22)20-15-8-4-3-7-14(15)11-18(23)24/h3-4,7-8,13H,1-2,5-6,9-12H2,(H,19,21)(H,20,22)(H,23,24). The second-order valence-corrected chi connectivity index (χ2v) is 6.24. The van der Waals surface area contributed by atoms with E-state index in [1.165, 1.54) is 25.7 Å². The lowest BCUT2D eigenvalue weighted by molar-refractivity contribution is -0.136. The minimum Gasteiger partial charge on any atom is -0.481 e. The zero-order valence-corrected chi connectivity index (χ0v) is 13.7. The van der Waals surface area contributed by atoms with E-state index in [2.05, 4.69) is 10.6 Å². The van der Waals surface area contributed by atoms with Crippen molar-refractivity contribution in [2.24, 2.45) is 5.92 Å². The van der Waals surface area contributed by atoms with Crippen LogP contribution in [0.25, 0.3) is 0 Å². The van der Waals surface area contributed by atoms with Crippen LogP contribution in [0.1, 0.15) is 44.1 Å². The number of rotatable bonds is 8. The zero-order chi connectivity index (χ0) is 17.4. The van der Waals surface area contributed by atoms with Crippen LogP contribution in [0.5, 0.6) is 0 Å². The minimum absolute atomic E-state index is 0.106. The SMILES string of the molecule is O=C(O)Cc1ccccc1NC(=O)CNC(=O)CCC1CCCC1. The lowest BCUT2D eigenvalue weighted by Crippen LogP contribution is -2.33. The molecule has 6 nitrogen and oxygen atoms in total. The predicted molar refractivity (Wildman–Crippen MR) is 90.6 cm³/mol. The highest BCUT2D eigenvalue weighted by atomic mass is 16.4. The van der Waals surface area contributed by atoms with Crippen LogP contribution in [0.2, 0.25) is 0 Å². The fraction of sp³-hybridized carbons (Fsp3) is 0.500. The highest BCUT2D eigenvalue weighted by molar-refractivity contribution is 5.95. The topological polar surface area (TPSA) is 95.5 Å². The van der Waals surface area contributed by atoms with Gasteiger partial charge >= 0.3 is 5.97 Å². The first-order valence-electron chi connectivity index (χ1n) is 8.41. The molecule has 2 amide bonds. The molecule has 1 aliphatic carbocycles. The van der Waals surface area contributed by atoms with Crippen molar-refractivity contribution in [3.8, 4) is 0 Å². The van der Waals surface area contributed by atoms with Gasteiger partial charge in [-0.25, -0.2) is 0 Å². The van der Waals surface area contributed by atoms with E-state index in [1.807, 2.05) is 0 Å². The Hall–Kier alpha value is -2.37. The van der Waals surface area contributed by atoms with E-state index < -0.39 is 5.97 Å². The molecule has 0 spiro atoms.